The zero-order valence-electron chi connectivity index (χ0n) is 30.2. The summed E-state index contributed by atoms with van der Waals surface area (Å²) in [5.74, 6) is -9.11. The van der Waals surface area contributed by atoms with E-state index in [1.807, 2.05) is 0 Å². The highest BCUT2D eigenvalue weighted by Crippen LogP contribution is 2.05. The van der Waals surface area contributed by atoms with Crippen LogP contribution in [-0.4, -0.2) is 145 Å². The van der Waals surface area contributed by atoms with Crippen molar-refractivity contribution in [1.29, 1.82) is 0 Å². The molecule has 24 nitrogen and oxygen atoms in total. The number of nitrogens with two attached hydrogens (primary N) is 2. The molecule has 0 aliphatic rings. The Morgan fingerprint density at radius 3 is 1.44 bits per heavy atom. The summed E-state index contributed by atoms with van der Waals surface area (Å²) in [5.41, 5.74) is 10.5. The first-order valence-corrected chi connectivity index (χ1v) is 16.7. The second-order valence-electron chi connectivity index (χ2n) is 11.8. The zero-order valence-corrected chi connectivity index (χ0v) is 30.2. The third kappa shape index (κ3) is 22.1. The fourth-order valence-corrected chi connectivity index (χ4v) is 3.89. The third-order valence-corrected chi connectivity index (χ3v) is 7.03. The van der Waals surface area contributed by atoms with Crippen molar-refractivity contribution >= 4 is 65.1 Å². The number of hydrogen-bond acceptors (Lipinski definition) is 13. The van der Waals surface area contributed by atoms with Crippen LogP contribution in [0.25, 0.3) is 0 Å². The summed E-state index contributed by atoms with van der Waals surface area (Å²) in [6, 6.07) is -6.17. The lowest BCUT2D eigenvalue weighted by atomic mass is 10.1. The molecule has 24 heteroatoms. The molecule has 0 aliphatic carbocycles. The van der Waals surface area contributed by atoms with Gasteiger partial charge < -0.3 is 69.5 Å². The number of carbonyl (C=O) groups excluding carboxylic acids is 9. The number of amides is 9. The Balaban J connectivity index is 4.96. The molecular formula is C30H51N11O13. The van der Waals surface area contributed by atoms with E-state index < -0.39 is 128 Å². The van der Waals surface area contributed by atoms with E-state index >= 15 is 0 Å². The predicted molar refractivity (Wildman–Crippen MR) is 185 cm³/mol. The number of carbonyl (C=O) groups is 11. The van der Waals surface area contributed by atoms with Gasteiger partial charge >= 0.3 is 11.9 Å². The Bertz CT molecular complexity index is 1380. The molecule has 15 N–H and O–H groups in total. The number of unbranched alkanes of at least 4 members (excludes halogenated alkanes) is 1. The number of rotatable bonds is 26. The Labute approximate surface area is 309 Å². The topological polar surface area (TPSA) is 389 Å². The van der Waals surface area contributed by atoms with Crippen molar-refractivity contribution in [3.63, 3.8) is 0 Å². The van der Waals surface area contributed by atoms with E-state index in [0.29, 0.717) is 0 Å². The van der Waals surface area contributed by atoms with Crippen molar-refractivity contribution in [3.05, 3.63) is 0 Å². The molecule has 0 spiro atoms. The van der Waals surface area contributed by atoms with Gasteiger partial charge in [-0.2, -0.15) is 0 Å². The quantitative estimate of drug-likeness (QED) is 0.0363. The lowest BCUT2D eigenvalue weighted by molar-refractivity contribution is -0.142. The van der Waals surface area contributed by atoms with Gasteiger partial charge in [0.05, 0.1) is 38.8 Å². The Kier molecular flexibility index (Phi) is 23.1. The van der Waals surface area contributed by atoms with Gasteiger partial charge in [0, 0.05) is 13.0 Å². The van der Waals surface area contributed by atoms with E-state index in [-0.39, 0.29) is 38.8 Å². The van der Waals surface area contributed by atoms with Crippen LogP contribution in [0.2, 0.25) is 0 Å². The average Bonchev–Trinajstić information content (AvgIpc) is 3.11. The van der Waals surface area contributed by atoms with Crippen molar-refractivity contribution in [3.8, 4) is 0 Å². The van der Waals surface area contributed by atoms with E-state index in [2.05, 4.69) is 47.9 Å². The summed E-state index contributed by atoms with van der Waals surface area (Å²) >= 11 is 0. The second-order valence-corrected chi connectivity index (χ2v) is 11.8. The van der Waals surface area contributed by atoms with E-state index in [1.54, 1.807) is 0 Å². The van der Waals surface area contributed by atoms with Crippen LogP contribution in [-0.2, 0) is 52.7 Å². The van der Waals surface area contributed by atoms with Gasteiger partial charge in [0.15, 0.2) is 0 Å². The average molecular weight is 774 g/mol. The van der Waals surface area contributed by atoms with Crippen LogP contribution in [0, 0.1) is 0 Å². The minimum atomic E-state index is -1.45. The minimum Gasteiger partial charge on any atom is -0.480 e. The standard InChI is InChI=1S/C30H51N11O13/c1-15(32)26(48)41-19(30(53)54)7-8-20(42)40-18(28(50)38-16(2)27(49)39-17(3)29(51)52)6-4-5-9-33-22(44)11-35-24(46)13-37-25(47)14-36-23(45)12-34-21(43)10-31/h15-19H,4-14,31-32H2,1-3H3,(H,33,44)(H,34,43)(H,35,46)(H,36,45)(H,37,47)(H,38,50)(H,39,49)(H,40,42)(H,41,48)(H,51,52)(H,53,54). The number of carboxylic acids is 2. The zero-order chi connectivity index (χ0) is 41.4. The van der Waals surface area contributed by atoms with E-state index in [1.165, 1.54) is 20.8 Å². The third-order valence-electron chi connectivity index (χ3n) is 7.03. The summed E-state index contributed by atoms with van der Waals surface area (Å²) in [7, 11) is 0. The van der Waals surface area contributed by atoms with Crippen LogP contribution in [0.4, 0.5) is 0 Å². The number of aliphatic carboxylic acids is 2. The highest BCUT2D eigenvalue weighted by Gasteiger charge is 2.27. The van der Waals surface area contributed by atoms with Crippen molar-refractivity contribution in [1.82, 2.24) is 47.9 Å². The molecule has 0 bridgehead atoms. The molecule has 0 aromatic heterocycles. The monoisotopic (exact) mass is 773 g/mol. The number of carboxylic acid groups (broad SMARTS) is 2. The number of hydrogen-bond donors (Lipinski definition) is 13. The molecule has 0 saturated heterocycles. The van der Waals surface area contributed by atoms with Gasteiger partial charge in [-0.1, -0.05) is 0 Å². The van der Waals surface area contributed by atoms with Gasteiger partial charge in [-0.25, -0.2) is 4.79 Å². The number of nitrogens with one attached hydrogen (secondary N) is 9. The van der Waals surface area contributed by atoms with Crippen LogP contribution in [0.1, 0.15) is 52.9 Å². The summed E-state index contributed by atoms with van der Waals surface area (Å²) in [5, 5.41) is 39.1. The van der Waals surface area contributed by atoms with Gasteiger partial charge in [-0.15, -0.1) is 0 Å². The largest absolute Gasteiger partial charge is 0.480 e. The highest BCUT2D eigenvalue weighted by atomic mass is 16.4. The molecule has 0 rings (SSSR count). The maximum Gasteiger partial charge on any atom is 0.326 e. The van der Waals surface area contributed by atoms with Crippen LogP contribution >= 0.6 is 0 Å². The molecule has 0 fully saturated rings. The van der Waals surface area contributed by atoms with Crippen molar-refractivity contribution in [2.24, 2.45) is 11.5 Å². The van der Waals surface area contributed by atoms with E-state index in [4.69, 9.17) is 16.6 Å². The fraction of sp³-hybridized carbons (Fsp3) is 0.633. The summed E-state index contributed by atoms with van der Waals surface area (Å²) in [6.07, 6.45) is -0.286. The van der Waals surface area contributed by atoms with E-state index in [9.17, 15) is 57.8 Å². The molecule has 5 unspecified atom stereocenters. The van der Waals surface area contributed by atoms with Crippen molar-refractivity contribution in [2.75, 3.05) is 39.3 Å². The maximum atomic E-state index is 13.1. The molecule has 0 radical (unpaired) electrons. The molecule has 0 aromatic rings. The van der Waals surface area contributed by atoms with Crippen molar-refractivity contribution in [2.45, 2.75) is 83.1 Å². The lowest BCUT2D eigenvalue weighted by Gasteiger charge is -2.22. The minimum absolute atomic E-state index is 0.0175. The van der Waals surface area contributed by atoms with Gasteiger partial charge in [0.25, 0.3) is 0 Å². The Morgan fingerprint density at radius 1 is 0.500 bits per heavy atom. The molecule has 304 valence electrons. The molecular weight excluding hydrogens is 722 g/mol. The maximum absolute atomic E-state index is 13.1. The first-order valence-electron chi connectivity index (χ1n) is 16.7. The SMILES string of the molecule is CC(N)C(=O)NC(CCC(=O)NC(CCCCNC(=O)CNC(=O)CNC(=O)CNC(=O)CNC(=O)CN)C(=O)NC(C)C(=O)NC(C)C(=O)O)C(=O)O. The summed E-state index contributed by atoms with van der Waals surface area (Å²) in [6.45, 7) is 1.79. The van der Waals surface area contributed by atoms with Crippen LogP contribution in [0.15, 0.2) is 0 Å². The summed E-state index contributed by atoms with van der Waals surface area (Å²) < 4.78 is 0. The van der Waals surface area contributed by atoms with E-state index in [0.717, 1.165) is 0 Å². The van der Waals surface area contributed by atoms with Crippen LogP contribution < -0.4 is 59.3 Å². The van der Waals surface area contributed by atoms with Gasteiger partial charge in [-0.3, -0.25) is 47.9 Å². The molecule has 5 atom stereocenters. The molecule has 0 aliphatic heterocycles. The molecule has 0 aromatic carbocycles. The smallest absolute Gasteiger partial charge is 0.326 e. The first-order chi connectivity index (χ1) is 25.3. The van der Waals surface area contributed by atoms with Gasteiger partial charge in [0.2, 0.25) is 53.2 Å². The van der Waals surface area contributed by atoms with Gasteiger partial charge in [0.1, 0.15) is 24.2 Å². The van der Waals surface area contributed by atoms with Crippen molar-refractivity contribution < 1.29 is 63.0 Å². The highest BCUT2D eigenvalue weighted by molar-refractivity contribution is 5.94. The second kappa shape index (κ2) is 25.9. The first kappa shape index (κ1) is 48.1. The molecule has 9 amide bonds. The normalized spacial score (nSPS) is 13.2. The van der Waals surface area contributed by atoms with Crippen LogP contribution in [0.5, 0.6) is 0 Å². The molecule has 0 saturated carbocycles. The van der Waals surface area contributed by atoms with Crippen LogP contribution in [0.3, 0.4) is 0 Å². The molecule has 0 heterocycles. The predicted octanol–water partition coefficient (Wildman–Crippen LogP) is -7.03. The Morgan fingerprint density at radius 2 is 0.981 bits per heavy atom. The van der Waals surface area contributed by atoms with Gasteiger partial charge in [-0.05, 0) is 46.5 Å². The summed E-state index contributed by atoms with van der Waals surface area (Å²) in [4.78, 5) is 131. The Hall–Kier alpha value is -5.91. The lowest BCUT2D eigenvalue weighted by Crippen LogP contribution is -2.54. The molecule has 54 heavy (non-hydrogen) atoms. The fourth-order valence-electron chi connectivity index (χ4n) is 3.89.